The summed E-state index contributed by atoms with van der Waals surface area (Å²) in [6, 6.07) is -1.33. The van der Waals surface area contributed by atoms with E-state index in [4.69, 9.17) is 5.73 Å². The van der Waals surface area contributed by atoms with Gasteiger partial charge in [-0.15, -0.1) is 0 Å². The molecule has 0 aliphatic heterocycles. The molecular weight excluding hydrogens is 307 g/mol. The minimum absolute atomic E-state index is 0. The van der Waals surface area contributed by atoms with E-state index in [1.54, 1.807) is 0 Å². The standard InChI is InChI=1S/C16H30N2O4.Na/c1-2-3-4-5-6-7-8-9-10-11-15(20)18-13(16(21)22)12-14(17)19;/h13H,2-12H2,1H3,(H2,17,19)(H,18,20)(H,21,22);/q;+1/p-1. The molecule has 128 valence electrons. The molecule has 0 spiro atoms. The summed E-state index contributed by atoms with van der Waals surface area (Å²) in [5.74, 6) is -2.64. The van der Waals surface area contributed by atoms with Crippen LogP contribution in [0.4, 0.5) is 0 Å². The molecule has 6 nitrogen and oxygen atoms in total. The van der Waals surface area contributed by atoms with Gasteiger partial charge in [0.25, 0.3) is 0 Å². The number of amides is 2. The molecule has 0 aliphatic rings. The van der Waals surface area contributed by atoms with Crippen LogP contribution < -0.4 is 45.7 Å². The number of hydrogen-bond donors (Lipinski definition) is 2. The molecule has 0 aromatic carbocycles. The fourth-order valence-corrected chi connectivity index (χ4v) is 2.26. The zero-order chi connectivity index (χ0) is 16.8. The Labute approximate surface area is 161 Å². The first-order chi connectivity index (χ1) is 10.5. The third kappa shape index (κ3) is 16.1. The Hall–Kier alpha value is -0.590. The van der Waals surface area contributed by atoms with Gasteiger partial charge in [0.1, 0.15) is 0 Å². The first-order valence-electron chi connectivity index (χ1n) is 8.25. The van der Waals surface area contributed by atoms with E-state index in [0.29, 0.717) is 0 Å². The number of aliphatic carboxylic acids is 1. The summed E-state index contributed by atoms with van der Waals surface area (Å²) in [6.45, 7) is 2.19. The summed E-state index contributed by atoms with van der Waals surface area (Å²) in [4.78, 5) is 33.1. The normalized spacial score (nSPS) is 11.3. The zero-order valence-electron chi connectivity index (χ0n) is 14.6. The molecule has 7 heteroatoms. The van der Waals surface area contributed by atoms with Crippen LogP contribution in [-0.2, 0) is 14.4 Å². The van der Waals surface area contributed by atoms with Crippen molar-refractivity contribution in [1.29, 1.82) is 0 Å². The van der Waals surface area contributed by atoms with Gasteiger partial charge < -0.3 is 21.0 Å². The topological polar surface area (TPSA) is 112 Å². The van der Waals surface area contributed by atoms with Crippen molar-refractivity contribution in [3.05, 3.63) is 0 Å². The fourth-order valence-electron chi connectivity index (χ4n) is 2.26. The van der Waals surface area contributed by atoms with Crippen LogP contribution in [0.2, 0.25) is 0 Å². The third-order valence-electron chi connectivity index (χ3n) is 3.53. The Morgan fingerprint density at radius 1 is 0.957 bits per heavy atom. The maximum atomic E-state index is 11.6. The van der Waals surface area contributed by atoms with Gasteiger partial charge in [0.2, 0.25) is 11.8 Å². The number of carboxylic acid groups (broad SMARTS) is 1. The van der Waals surface area contributed by atoms with Gasteiger partial charge in [-0.25, -0.2) is 0 Å². The van der Waals surface area contributed by atoms with E-state index in [-0.39, 0.29) is 41.9 Å². The molecule has 0 heterocycles. The van der Waals surface area contributed by atoms with Gasteiger partial charge in [-0.1, -0.05) is 58.3 Å². The summed E-state index contributed by atoms with van der Waals surface area (Å²) >= 11 is 0. The van der Waals surface area contributed by atoms with Gasteiger partial charge in [-0.05, 0) is 6.42 Å². The molecule has 0 bridgehead atoms. The van der Waals surface area contributed by atoms with Crippen LogP contribution in [0.25, 0.3) is 0 Å². The predicted molar refractivity (Wildman–Crippen MR) is 82.6 cm³/mol. The Bertz CT molecular complexity index is 351. The number of nitrogens with two attached hydrogens (primary N) is 1. The largest absolute Gasteiger partial charge is 1.00 e. The molecule has 23 heavy (non-hydrogen) atoms. The number of carboxylic acids is 1. The number of nitrogens with one attached hydrogen (secondary N) is 1. The quantitative estimate of drug-likeness (QED) is 0.283. The van der Waals surface area contributed by atoms with Crippen molar-refractivity contribution in [3.63, 3.8) is 0 Å². The maximum Gasteiger partial charge on any atom is 1.00 e. The maximum absolute atomic E-state index is 11.6. The van der Waals surface area contributed by atoms with Crippen LogP contribution in [0.15, 0.2) is 0 Å². The van der Waals surface area contributed by atoms with Crippen molar-refractivity contribution in [3.8, 4) is 0 Å². The van der Waals surface area contributed by atoms with Crippen LogP contribution in [0.5, 0.6) is 0 Å². The van der Waals surface area contributed by atoms with E-state index in [1.807, 2.05) is 0 Å². The Kier molecular flexibility index (Phi) is 17.4. The number of carbonyl (C=O) groups excluding carboxylic acids is 3. The summed E-state index contributed by atoms with van der Waals surface area (Å²) in [6.07, 6.45) is 10.1. The summed E-state index contributed by atoms with van der Waals surface area (Å²) in [7, 11) is 0. The van der Waals surface area contributed by atoms with E-state index < -0.39 is 24.3 Å². The SMILES string of the molecule is CCCCCCCCCCCC(=O)NC(CC(N)=O)C(=O)[O-].[Na+]. The van der Waals surface area contributed by atoms with Gasteiger partial charge in [0, 0.05) is 6.42 Å². The zero-order valence-corrected chi connectivity index (χ0v) is 16.6. The van der Waals surface area contributed by atoms with E-state index in [9.17, 15) is 19.5 Å². The summed E-state index contributed by atoms with van der Waals surface area (Å²) < 4.78 is 0. The molecule has 0 saturated heterocycles. The molecule has 0 radical (unpaired) electrons. The molecule has 3 N–H and O–H groups in total. The average Bonchev–Trinajstić information content (AvgIpc) is 2.44. The van der Waals surface area contributed by atoms with Crippen molar-refractivity contribution >= 4 is 17.8 Å². The fraction of sp³-hybridized carbons (Fsp3) is 0.812. The Balaban J connectivity index is 0. The van der Waals surface area contributed by atoms with Crippen LogP contribution in [0, 0.1) is 0 Å². The van der Waals surface area contributed by atoms with Crippen LogP contribution in [0.1, 0.15) is 77.6 Å². The van der Waals surface area contributed by atoms with Crippen molar-refractivity contribution in [2.75, 3.05) is 0 Å². The summed E-state index contributed by atoms with van der Waals surface area (Å²) in [5.41, 5.74) is 4.92. The first kappa shape index (κ1) is 24.7. The second kappa shape index (κ2) is 16.3. The van der Waals surface area contributed by atoms with Gasteiger partial charge in [-0.2, -0.15) is 0 Å². The van der Waals surface area contributed by atoms with Crippen molar-refractivity contribution in [1.82, 2.24) is 5.32 Å². The molecule has 0 rings (SSSR count). The van der Waals surface area contributed by atoms with Gasteiger partial charge in [0.15, 0.2) is 0 Å². The second-order valence-corrected chi connectivity index (χ2v) is 5.69. The number of primary amides is 1. The van der Waals surface area contributed by atoms with Gasteiger partial charge in [-0.3, -0.25) is 9.59 Å². The molecule has 0 fully saturated rings. The molecule has 0 aliphatic carbocycles. The minimum atomic E-state index is -1.49. The number of carbonyl (C=O) groups is 3. The molecule has 0 aromatic heterocycles. The van der Waals surface area contributed by atoms with Gasteiger partial charge >= 0.3 is 29.6 Å². The minimum Gasteiger partial charge on any atom is -0.548 e. The van der Waals surface area contributed by atoms with E-state index in [2.05, 4.69) is 12.2 Å². The van der Waals surface area contributed by atoms with Crippen molar-refractivity contribution in [2.24, 2.45) is 5.73 Å². The molecule has 0 saturated carbocycles. The predicted octanol–water partition coefficient (Wildman–Crippen LogP) is -1.98. The van der Waals surface area contributed by atoms with E-state index >= 15 is 0 Å². The molecular formula is C16H29N2NaO4. The number of rotatable bonds is 14. The Morgan fingerprint density at radius 3 is 1.87 bits per heavy atom. The van der Waals surface area contributed by atoms with E-state index in [0.717, 1.165) is 19.3 Å². The molecule has 1 unspecified atom stereocenters. The summed E-state index contributed by atoms with van der Waals surface area (Å²) in [5, 5.41) is 13.0. The Morgan fingerprint density at radius 2 is 1.43 bits per heavy atom. The van der Waals surface area contributed by atoms with Gasteiger partial charge in [0.05, 0.1) is 18.4 Å². The molecule has 1 atom stereocenters. The van der Waals surface area contributed by atoms with Crippen LogP contribution in [-0.4, -0.2) is 23.8 Å². The van der Waals surface area contributed by atoms with Crippen molar-refractivity contribution < 1.29 is 49.0 Å². The van der Waals surface area contributed by atoms with E-state index in [1.165, 1.54) is 38.5 Å². The number of hydrogen-bond acceptors (Lipinski definition) is 4. The monoisotopic (exact) mass is 336 g/mol. The smallest absolute Gasteiger partial charge is 0.548 e. The first-order valence-corrected chi connectivity index (χ1v) is 8.25. The third-order valence-corrected chi connectivity index (χ3v) is 3.53. The molecule has 2 amide bonds. The van der Waals surface area contributed by atoms with Crippen LogP contribution >= 0.6 is 0 Å². The van der Waals surface area contributed by atoms with Crippen molar-refractivity contribution in [2.45, 2.75) is 83.6 Å². The average molecular weight is 336 g/mol. The molecule has 0 aromatic rings. The van der Waals surface area contributed by atoms with Crippen LogP contribution in [0.3, 0.4) is 0 Å². The number of unbranched alkanes of at least 4 members (excludes halogenated alkanes) is 8. The second-order valence-electron chi connectivity index (χ2n) is 5.69.